The van der Waals surface area contributed by atoms with Crippen LogP contribution in [-0.4, -0.2) is 31.9 Å². The zero-order valence-corrected chi connectivity index (χ0v) is 13.2. The van der Waals surface area contributed by atoms with Crippen molar-refractivity contribution >= 4 is 15.7 Å². The number of rotatable bonds is 4. The Labute approximate surface area is 131 Å². The molecule has 0 atom stereocenters. The van der Waals surface area contributed by atoms with Gasteiger partial charge in [-0.05, 0) is 37.1 Å². The fraction of sp³-hybridized carbons (Fsp3) is 0.294. The normalized spacial score (nSPS) is 17.3. The van der Waals surface area contributed by atoms with E-state index < -0.39 is 10.0 Å². The molecule has 1 N–H and O–H groups in total. The molecular formula is C17H20N2O2S. The highest BCUT2D eigenvalue weighted by atomic mass is 32.2. The summed E-state index contributed by atoms with van der Waals surface area (Å²) in [6, 6.07) is 19.0. The van der Waals surface area contributed by atoms with Gasteiger partial charge in [-0.2, -0.15) is 4.31 Å². The molecule has 0 spiro atoms. The Morgan fingerprint density at radius 3 is 2.00 bits per heavy atom. The van der Waals surface area contributed by atoms with Gasteiger partial charge in [-0.15, -0.1) is 0 Å². The average molecular weight is 316 g/mol. The number of piperidine rings is 1. The molecule has 116 valence electrons. The summed E-state index contributed by atoms with van der Waals surface area (Å²) in [7, 11) is -3.35. The van der Waals surface area contributed by atoms with Gasteiger partial charge in [-0.3, -0.25) is 0 Å². The van der Waals surface area contributed by atoms with Gasteiger partial charge in [0.25, 0.3) is 0 Å². The summed E-state index contributed by atoms with van der Waals surface area (Å²) in [5, 5.41) is 3.47. The van der Waals surface area contributed by atoms with Crippen LogP contribution in [0.4, 0.5) is 5.69 Å². The molecule has 22 heavy (non-hydrogen) atoms. The third-order valence-electron chi connectivity index (χ3n) is 3.98. The molecule has 0 amide bonds. The molecule has 4 nitrogen and oxygen atoms in total. The van der Waals surface area contributed by atoms with Crippen LogP contribution in [0.5, 0.6) is 0 Å². The highest BCUT2D eigenvalue weighted by molar-refractivity contribution is 7.89. The Balaban J connectivity index is 1.62. The van der Waals surface area contributed by atoms with Gasteiger partial charge in [0.05, 0.1) is 4.90 Å². The van der Waals surface area contributed by atoms with E-state index in [4.69, 9.17) is 0 Å². The maximum atomic E-state index is 12.6. The lowest BCUT2D eigenvalue weighted by Gasteiger charge is -2.32. The van der Waals surface area contributed by atoms with E-state index in [1.54, 1.807) is 28.6 Å². The maximum Gasteiger partial charge on any atom is 0.243 e. The largest absolute Gasteiger partial charge is 0.382 e. The first kappa shape index (κ1) is 15.1. The molecule has 1 aliphatic rings. The SMILES string of the molecule is O=S(=O)(c1ccccc1)N1CCC(Nc2ccccc2)CC1. The summed E-state index contributed by atoms with van der Waals surface area (Å²) in [6.45, 7) is 1.11. The van der Waals surface area contributed by atoms with Crippen LogP contribution < -0.4 is 5.32 Å². The van der Waals surface area contributed by atoms with Gasteiger partial charge in [0, 0.05) is 24.8 Å². The maximum absolute atomic E-state index is 12.6. The van der Waals surface area contributed by atoms with Crippen LogP contribution in [0.15, 0.2) is 65.6 Å². The van der Waals surface area contributed by atoms with Gasteiger partial charge in [0.2, 0.25) is 10.0 Å². The lowest BCUT2D eigenvalue weighted by molar-refractivity contribution is 0.330. The van der Waals surface area contributed by atoms with Crippen LogP contribution in [0.1, 0.15) is 12.8 Å². The lowest BCUT2D eigenvalue weighted by Crippen LogP contribution is -2.42. The topological polar surface area (TPSA) is 49.4 Å². The van der Waals surface area contributed by atoms with Crippen LogP contribution in [0, 0.1) is 0 Å². The summed E-state index contributed by atoms with van der Waals surface area (Å²) in [5.74, 6) is 0. The van der Waals surface area contributed by atoms with E-state index in [0.29, 0.717) is 24.0 Å². The molecular weight excluding hydrogens is 296 g/mol. The number of para-hydroxylation sites is 1. The van der Waals surface area contributed by atoms with Crippen LogP contribution in [0.3, 0.4) is 0 Å². The molecule has 1 aliphatic heterocycles. The molecule has 1 fully saturated rings. The highest BCUT2D eigenvalue weighted by Crippen LogP contribution is 2.22. The molecule has 2 aromatic carbocycles. The molecule has 0 aromatic heterocycles. The number of hydrogen-bond donors (Lipinski definition) is 1. The molecule has 2 aromatic rings. The van der Waals surface area contributed by atoms with Crippen molar-refractivity contribution in [3.05, 3.63) is 60.7 Å². The van der Waals surface area contributed by atoms with Gasteiger partial charge in [-0.25, -0.2) is 8.42 Å². The Kier molecular flexibility index (Phi) is 4.45. The quantitative estimate of drug-likeness (QED) is 0.943. The van der Waals surface area contributed by atoms with E-state index in [0.717, 1.165) is 18.5 Å². The molecule has 0 aliphatic carbocycles. The fourth-order valence-corrected chi connectivity index (χ4v) is 4.24. The van der Waals surface area contributed by atoms with Crippen molar-refractivity contribution in [2.75, 3.05) is 18.4 Å². The minimum absolute atomic E-state index is 0.324. The molecule has 0 unspecified atom stereocenters. The van der Waals surface area contributed by atoms with Gasteiger partial charge < -0.3 is 5.32 Å². The molecule has 1 saturated heterocycles. The van der Waals surface area contributed by atoms with E-state index in [1.165, 1.54) is 0 Å². The smallest absolute Gasteiger partial charge is 0.243 e. The van der Waals surface area contributed by atoms with Crippen molar-refractivity contribution in [3.63, 3.8) is 0 Å². The predicted octanol–water partition coefficient (Wildman–Crippen LogP) is 2.95. The van der Waals surface area contributed by atoms with Crippen molar-refractivity contribution in [1.29, 1.82) is 0 Å². The first-order valence-electron chi connectivity index (χ1n) is 7.53. The summed E-state index contributed by atoms with van der Waals surface area (Å²) in [5.41, 5.74) is 1.09. The van der Waals surface area contributed by atoms with Crippen molar-refractivity contribution < 1.29 is 8.42 Å². The minimum Gasteiger partial charge on any atom is -0.382 e. The first-order valence-corrected chi connectivity index (χ1v) is 8.97. The number of benzene rings is 2. The first-order chi connectivity index (χ1) is 10.7. The standard InChI is InChI=1S/C17H20N2O2S/c20-22(21,17-9-5-2-6-10-17)19-13-11-16(12-14-19)18-15-7-3-1-4-8-15/h1-10,16,18H,11-14H2. The Bertz CT molecular complexity index is 694. The summed E-state index contributed by atoms with van der Waals surface area (Å²) in [6.07, 6.45) is 1.64. The van der Waals surface area contributed by atoms with Gasteiger partial charge in [0.1, 0.15) is 0 Å². The molecule has 0 radical (unpaired) electrons. The number of nitrogens with zero attached hydrogens (tertiary/aromatic N) is 1. The number of sulfonamides is 1. The number of nitrogens with one attached hydrogen (secondary N) is 1. The molecule has 0 saturated carbocycles. The van der Waals surface area contributed by atoms with E-state index >= 15 is 0 Å². The Morgan fingerprint density at radius 2 is 1.41 bits per heavy atom. The molecule has 5 heteroatoms. The second-order valence-electron chi connectivity index (χ2n) is 5.50. The zero-order valence-electron chi connectivity index (χ0n) is 12.4. The third kappa shape index (κ3) is 3.31. The van der Waals surface area contributed by atoms with E-state index in [2.05, 4.69) is 5.32 Å². The van der Waals surface area contributed by atoms with Crippen molar-refractivity contribution in [1.82, 2.24) is 4.31 Å². The van der Waals surface area contributed by atoms with Crippen LogP contribution >= 0.6 is 0 Å². The second-order valence-corrected chi connectivity index (χ2v) is 7.44. The van der Waals surface area contributed by atoms with E-state index in [1.807, 2.05) is 36.4 Å². The lowest BCUT2D eigenvalue weighted by atomic mass is 10.1. The predicted molar refractivity (Wildman–Crippen MR) is 88.3 cm³/mol. The van der Waals surface area contributed by atoms with Gasteiger partial charge in [0.15, 0.2) is 0 Å². The van der Waals surface area contributed by atoms with Crippen LogP contribution in [-0.2, 0) is 10.0 Å². The monoisotopic (exact) mass is 316 g/mol. The molecule has 1 heterocycles. The minimum atomic E-state index is -3.35. The number of hydrogen-bond acceptors (Lipinski definition) is 3. The van der Waals surface area contributed by atoms with Crippen molar-refractivity contribution in [2.24, 2.45) is 0 Å². The summed E-state index contributed by atoms with van der Waals surface area (Å²) >= 11 is 0. The average Bonchev–Trinajstić information content (AvgIpc) is 2.57. The Morgan fingerprint density at radius 1 is 0.864 bits per heavy atom. The summed E-state index contributed by atoms with van der Waals surface area (Å²) in [4.78, 5) is 0.379. The third-order valence-corrected chi connectivity index (χ3v) is 5.89. The van der Waals surface area contributed by atoms with Gasteiger partial charge >= 0.3 is 0 Å². The molecule has 3 rings (SSSR count). The Hall–Kier alpha value is -1.85. The number of anilines is 1. The van der Waals surface area contributed by atoms with E-state index in [-0.39, 0.29) is 0 Å². The van der Waals surface area contributed by atoms with Crippen molar-refractivity contribution in [2.45, 2.75) is 23.8 Å². The van der Waals surface area contributed by atoms with Crippen molar-refractivity contribution in [3.8, 4) is 0 Å². The fourth-order valence-electron chi connectivity index (χ4n) is 2.75. The second kappa shape index (κ2) is 6.50. The summed E-state index contributed by atoms with van der Waals surface area (Å²) < 4.78 is 26.7. The van der Waals surface area contributed by atoms with Crippen LogP contribution in [0.25, 0.3) is 0 Å². The van der Waals surface area contributed by atoms with Gasteiger partial charge in [-0.1, -0.05) is 36.4 Å². The highest BCUT2D eigenvalue weighted by Gasteiger charge is 2.29. The van der Waals surface area contributed by atoms with E-state index in [9.17, 15) is 8.42 Å². The zero-order chi connectivity index (χ0) is 15.4. The van der Waals surface area contributed by atoms with Crippen LogP contribution in [0.2, 0.25) is 0 Å². The molecule has 0 bridgehead atoms.